The van der Waals surface area contributed by atoms with Crippen LogP contribution >= 0.6 is 11.3 Å². The molecular formula is C36H23N3S. The van der Waals surface area contributed by atoms with E-state index in [1.54, 1.807) is 0 Å². The van der Waals surface area contributed by atoms with E-state index in [0.717, 1.165) is 27.5 Å². The van der Waals surface area contributed by atoms with E-state index in [9.17, 15) is 0 Å². The lowest BCUT2D eigenvalue weighted by Gasteiger charge is -2.15. The second-order valence-electron chi connectivity index (χ2n) is 10.6. The summed E-state index contributed by atoms with van der Waals surface area (Å²) in [5.74, 6) is 1.01. The summed E-state index contributed by atoms with van der Waals surface area (Å²) in [6.07, 6.45) is 0. The molecule has 1 unspecified atom stereocenters. The van der Waals surface area contributed by atoms with Crippen molar-refractivity contribution >= 4 is 54.0 Å². The average molecular weight is 530 g/mol. The summed E-state index contributed by atoms with van der Waals surface area (Å²) in [4.78, 5) is 10.7. The Morgan fingerprint density at radius 2 is 1.50 bits per heavy atom. The smallest absolute Gasteiger partial charge is 0.235 e. The van der Waals surface area contributed by atoms with Crippen LogP contribution in [0.25, 0.3) is 71.1 Å². The van der Waals surface area contributed by atoms with Gasteiger partial charge in [-0.1, -0.05) is 97.9 Å². The number of nitrogens with zero attached hydrogens (tertiary/aromatic N) is 3. The molecule has 9 rings (SSSR count). The maximum absolute atomic E-state index is 5.38. The van der Waals surface area contributed by atoms with Gasteiger partial charge in [0.15, 0.2) is 0 Å². The fourth-order valence-electron chi connectivity index (χ4n) is 6.74. The van der Waals surface area contributed by atoms with Crippen molar-refractivity contribution in [3.8, 4) is 28.5 Å². The average Bonchev–Trinajstić information content (AvgIpc) is 3.70. The van der Waals surface area contributed by atoms with Crippen molar-refractivity contribution in [1.82, 2.24) is 14.5 Å². The second-order valence-corrected chi connectivity index (χ2v) is 11.5. The van der Waals surface area contributed by atoms with E-state index >= 15 is 0 Å². The standard InChI is InChI=1S/C36H23N3S/c1-21-25-12-7-8-14-27(25)34-30(21)31-29(18-16-24-19-20-40-35(24)31)39(34)36-37-32(23-10-3-2-4-11-23)28-17-15-22-9-5-6-13-26(22)33(28)38-36/h2-21H,1H3. The van der Waals surface area contributed by atoms with Crippen LogP contribution in [0.1, 0.15) is 24.0 Å². The largest absolute Gasteiger partial charge is 0.278 e. The summed E-state index contributed by atoms with van der Waals surface area (Å²) in [5.41, 5.74) is 9.44. The molecule has 1 atom stereocenters. The van der Waals surface area contributed by atoms with Gasteiger partial charge >= 0.3 is 0 Å². The molecule has 8 aromatic rings. The number of aromatic nitrogens is 3. The lowest BCUT2D eigenvalue weighted by molar-refractivity contribution is 0.959. The Hall–Kier alpha value is -4.80. The number of rotatable bonds is 2. The molecule has 0 spiro atoms. The lowest BCUT2D eigenvalue weighted by Crippen LogP contribution is -2.05. The normalized spacial score (nSPS) is 14.4. The SMILES string of the molecule is CC1c2ccccc2-c2c1c1c3sccc3ccc1n2-c1nc(-c2ccccc2)c2ccc3ccccc3c2n1. The molecule has 3 nitrogen and oxygen atoms in total. The lowest BCUT2D eigenvalue weighted by atomic mass is 9.97. The Bertz CT molecular complexity index is 2290. The van der Waals surface area contributed by atoms with Crippen LogP contribution in [-0.4, -0.2) is 14.5 Å². The first-order valence-corrected chi connectivity index (χ1v) is 14.5. The minimum Gasteiger partial charge on any atom is -0.278 e. The van der Waals surface area contributed by atoms with E-state index in [1.807, 2.05) is 11.3 Å². The molecule has 0 aliphatic heterocycles. The molecule has 3 heterocycles. The van der Waals surface area contributed by atoms with Crippen LogP contribution in [0.3, 0.4) is 0 Å². The van der Waals surface area contributed by atoms with Gasteiger partial charge in [-0.3, -0.25) is 4.57 Å². The Balaban J connectivity index is 1.48. The Morgan fingerprint density at radius 1 is 0.700 bits per heavy atom. The van der Waals surface area contributed by atoms with Crippen LogP contribution in [0.4, 0.5) is 0 Å². The van der Waals surface area contributed by atoms with E-state index < -0.39 is 0 Å². The molecule has 1 aliphatic rings. The third kappa shape index (κ3) is 2.89. The third-order valence-electron chi connectivity index (χ3n) is 8.53. The van der Waals surface area contributed by atoms with Crippen molar-refractivity contribution in [2.75, 3.05) is 0 Å². The zero-order chi connectivity index (χ0) is 26.4. The highest BCUT2D eigenvalue weighted by Crippen LogP contribution is 2.52. The van der Waals surface area contributed by atoms with Crippen molar-refractivity contribution in [1.29, 1.82) is 0 Å². The van der Waals surface area contributed by atoms with Crippen LogP contribution < -0.4 is 0 Å². The van der Waals surface area contributed by atoms with Crippen molar-refractivity contribution in [3.05, 3.63) is 126 Å². The molecule has 40 heavy (non-hydrogen) atoms. The third-order valence-corrected chi connectivity index (χ3v) is 9.48. The zero-order valence-corrected chi connectivity index (χ0v) is 22.6. The number of fused-ring (bicyclic) bond motifs is 10. The van der Waals surface area contributed by atoms with Crippen LogP contribution in [0, 0.1) is 0 Å². The van der Waals surface area contributed by atoms with Gasteiger partial charge in [0.2, 0.25) is 5.95 Å². The van der Waals surface area contributed by atoms with Gasteiger partial charge in [0.25, 0.3) is 0 Å². The molecule has 0 saturated heterocycles. The van der Waals surface area contributed by atoms with Crippen molar-refractivity contribution in [2.45, 2.75) is 12.8 Å². The fraction of sp³-hybridized carbons (Fsp3) is 0.0556. The molecule has 0 saturated carbocycles. The first-order chi connectivity index (χ1) is 19.8. The molecule has 0 N–H and O–H groups in total. The summed E-state index contributed by atoms with van der Waals surface area (Å²) in [6, 6.07) is 38.9. The van der Waals surface area contributed by atoms with Gasteiger partial charge in [0, 0.05) is 37.9 Å². The van der Waals surface area contributed by atoms with Crippen LogP contribution in [0.15, 0.2) is 115 Å². The second kappa shape index (κ2) is 8.10. The predicted octanol–water partition coefficient (Wildman–Crippen LogP) is 9.74. The quantitative estimate of drug-likeness (QED) is 0.209. The number of hydrogen-bond donors (Lipinski definition) is 0. The highest BCUT2D eigenvalue weighted by Gasteiger charge is 2.34. The van der Waals surface area contributed by atoms with Gasteiger partial charge in [-0.25, -0.2) is 9.97 Å². The van der Waals surface area contributed by atoms with Gasteiger partial charge in [0.05, 0.1) is 22.4 Å². The Kier molecular flexibility index (Phi) is 4.47. The van der Waals surface area contributed by atoms with Gasteiger partial charge in [0.1, 0.15) is 0 Å². The summed E-state index contributed by atoms with van der Waals surface area (Å²) < 4.78 is 3.67. The van der Waals surface area contributed by atoms with E-state index in [1.165, 1.54) is 48.8 Å². The molecule has 4 heteroatoms. The van der Waals surface area contributed by atoms with Gasteiger partial charge in [-0.2, -0.15) is 0 Å². The van der Waals surface area contributed by atoms with Crippen molar-refractivity contribution < 1.29 is 0 Å². The Labute approximate surface area is 235 Å². The Morgan fingerprint density at radius 3 is 2.42 bits per heavy atom. The first kappa shape index (κ1) is 22.1. The minimum absolute atomic E-state index is 0.289. The molecule has 0 radical (unpaired) electrons. The van der Waals surface area contributed by atoms with Crippen LogP contribution in [-0.2, 0) is 0 Å². The fourth-order valence-corrected chi connectivity index (χ4v) is 7.69. The topological polar surface area (TPSA) is 30.7 Å². The molecule has 3 aromatic heterocycles. The van der Waals surface area contributed by atoms with Gasteiger partial charge < -0.3 is 0 Å². The minimum atomic E-state index is 0.289. The highest BCUT2D eigenvalue weighted by atomic mass is 32.1. The molecule has 188 valence electrons. The highest BCUT2D eigenvalue weighted by molar-refractivity contribution is 7.18. The van der Waals surface area contributed by atoms with Crippen LogP contribution in [0.2, 0.25) is 0 Å². The summed E-state index contributed by atoms with van der Waals surface area (Å²) in [6.45, 7) is 2.34. The maximum atomic E-state index is 5.38. The molecular weight excluding hydrogens is 506 g/mol. The van der Waals surface area contributed by atoms with E-state index in [0.29, 0.717) is 5.95 Å². The zero-order valence-electron chi connectivity index (χ0n) is 21.8. The van der Waals surface area contributed by atoms with E-state index in [-0.39, 0.29) is 5.92 Å². The van der Waals surface area contributed by atoms with Crippen molar-refractivity contribution in [2.24, 2.45) is 0 Å². The number of thiophene rings is 1. The summed E-state index contributed by atoms with van der Waals surface area (Å²) in [7, 11) is 0. The van der Waals surface area contributed by atoms with Gasteiger partial charge in [-0.15, -0.1) is 11.3 Å². The molecule has 0 bridgehead atoms. The maximum Gasteiger partial charge on any atom is 0.235 e. The first-order valence-electron chi connectivity index (χ1n) is 13.7. The van der Waals surface area contributed by atoms with Crippen molar-refractivity contribution in [3.63, 3.8) is 0 Å². The molecule has 0 fully saturated rings. The molecule has 1 aliphatic carbocycles. The number of benzene rings is 5. The number of hydrogen-bond acceptors (Lipinski definition) is 3. The predicted molar refractivity (Wildman–Crippen MR) is 168 cm³/mol. The summed E-state index contributed by atoms with van der Waals surface area (Å²) >= 11 is 1.82. The van der Waals surface area contributed by atoms with E-state index in [4.69, 9.17) is 9.97 Å². The van der Waals surface area contributed by atoms with Gasteiger partial charge in [-0.05, 0) is 45.5 Å². The van der Waals surface area contributed by atoms with E-state index in [2.05, 4.69) is 126 Å². The van der Waals surface area contributed by atoms with Crippen LogP contribution in [0.5, 0.6) is 0 Å². The summed E-state index contributed by atoms with van der Waals surface area (Å²) in [5, 5.41) is 8.21. The molecule has 0 amide bonds. The monoisotopic (exact) mass is 529 g/mol. The molecule has 5 aromatic carbocycles.